The molecule has 1 aliphatic heterocycles. The third-order valence-corrected chi connectivity index (χ3v) is 5.03. The van der Waals surface area contributed by atoms with Gasteiger partial charge in [0.15, 0.2) is 0 Å². The normalized spacial score (nSPS) is 25.8. The van der Waals surface area contributed by atoms with Crippen LogP contribution in [0.5, 0.6) is 0 Å². The maximum Gasteiger partial charge on any atom is 0.226 e. The van der Waals surface area contributed by atoms with Gasteiger partial charge in [0.2, 0.25) is 5.91 Å². The number of benzene rings is 1. The standard InChI is InChI=1S/C15H18Cl2N2O/c1-10-8-12(10)15(20)19-6-4-18(5-7-19)11-2-3-13(16)14(17)9-11/h2-3,9-10,12H,4-8H2,1H3/t10-,12-/m0/s1. The number of carbonyl (C=O) groups excluding carboxylic acids is 1. The highest BCUT2D eigenvalue weighted by Gasteiger charge is 2.41. The zero-order valence-electron chi connectivity index (χ0n) is 11.5. The molecule has 3 nitrogen and oxygen atoms in total. The molecule has 0 bridgehead atoms. The Morgan fingerprint density at radius 1 is 1.15 bits per heavy atom. The molecule has 1 aliphatic carbocycles. The molecular weight excluding hydrogens is 295 g/mol. The molecule has 1 aromatic rings. The number of hydrogen-bond acceptors (Lipinski definition) is 2. The van der Waals surface area contributed by atoms with E-state index in [1.165, 1.54) is 0 Å². The predicted molar refractivity (Wildman–Crippen MR) is 82.5 cm³/mol. The molecule has 0 radical (unpaired) electrons. The maximum atomic E-state index is 12.2. The molecule has 2 atom stereocenters. The van der Waals surface area contributed by atoms with E-state index in [2.05, 4.69) is 11.8 Å². The molecular formula is C15H18Cl2N2O. The quantitative estimate of drug-likeness (QED) is 0.836. The van der Waals surface area contributed by atoms with Gasteiger partial charge < -0.3 is 9.80 Å². The lowest BCUT2D eigenvalue weighted by molar-refractivity contribution is -0.133. The first-order valence-electron chi connectivity index (χ1n) is 7.05. The van der Waals surface area contributed by atoms with Crippen LogP contribution in [0.2, 0.25) is 10.0 Å². The van der Waals surface area contributed by atoms with E-state index in [4.69, 9.17) is 23.2 Å². The van der Waals surface area contributed by atoms with Crippen molar-refractivity contribution in [2.45, 2.75) is 13.3 Å². The van der Waals surface area contributed by atoms with Gasteiger partial charge in [0.05, 0.1) is 10.0 Å². The summed E-state index contributed by atoms with van der Waals surface area (Å²) >= 11 is 12.0. The Labute approximate surface area is 129 Å². The average Bonchev–Trinajstić information content (AvgIpc) is 3.18. The van der Waals surface area contributed by atoms with Gasteiger partial charge in [-0.05, 0) is 30.5 Å². The van der Waals surface area contributed by atoms with E-state index in [1.54, 1.807) is 0 Å². The molecule has 108 valence electrons. The largest absolute Gasteiger partial charge is 0.368 e. The molecule has 0 spiro atoms. The highest BCUT2D eigenvalue weighted by atomic mass is 35.5. The van der Waals surface area contributed by atoms with Crippen LogP contribution in [0.15, 0.2) is 18.2 Å². The minimum atomic E-state index is 0.284. The summed E-state index contributed by atoms with van der Waals surface area (Å²) in [4.78, 5) is 16.4. The summed E-state index contributed by atoms with van der Waals surface area (Å²) in [5.41, 5.74) is 1.08. The van der Waals surface area contributed by atoms with Gasteiger partial charge in [-0.25, -0.2) is 0 Å². The van der Waals surface area contributed by atoms with Crippen LogP contribution in [-0.4, -0.2) is 37.0 Å². The lowest BCUT2D eigenvalue weighted by atomic mass is 10.2. The zero-order chi connectivity index (χ0) is 14.3. The van der Waals surface area contributed by atoms with Gasteiger partial charge in [0.25, 0.3) is 0 Å². The second kappa shape index (κ2) is 5.45. The minimum absolute atomic E-state index is 0.284. The number of carbonyl (C=O) groups is 1. The first-order chi connectivity index (χ1) is 9.56. The number of nitrogens with zero attached hydrogens (tertiary/aromatic N) is 2. The first-order valence-corrected chi connectivity index (χ1v) is 7.80. The highest BCUT2D eigenvalue weighted by molar-refractivity contribution is 6.42. The molecule has 1 saturated heterocycles. The lowest BCUT2D eigenvalue weighted by Crippen LogP contribution is -2.49. The summed E-state index contributed by atoms with van der Waals surface area (Å²) < 4.78 is 0. The topological polar surface area (TPSA) is 23.6 Å². The Morgan fingerprint density at radius 2 is 1.80 bits per heavy atom. The first kappa shape index (κ1) is 14.0. The van der Waals surface area contributed by atoms with Gasteiger partial charge in [-0.3, -0.25) is 4.79 Å². The van der Waals surface area contributed by atoms with Gasteiger partial charge in [-0.2, -0.15) is 0 Å². The smallest absolute Gasteiger partial charge is 0.226 e. The molecule has 1 heterocycles. The second-order valence-electron chi connectivity index (χ2n) is 5.73. The fourth-order valence-electron chi connectivity index (χ4n) is 2.77. The number of hydrogen-bond donors (Lipinski definition) is 0. The Balaban J connectivity index is 1.60. The third kappa shape index (κ3) is 2.75. The minimum Gasteiger partial charge on any atom is -0.368 e. The van der Waals surface area contributed by atoms with Gasteiger partial charge >= 0.3 is 0 Å². The number of anilines is 1. The molecule has 5 heteroatoms. The molecule has 0 unspecified atom stereocenters. The molecule has 2 aliphatic rings. The van der Waals surface area contributed by atoms with Crippen molar-refractivity contribution < 1.29 is 4.79 Å². The van der Waals surface area contributed by atoms with Crippen molar-refractivity contribution in [2.24, 2.45) is 11.8 Å². The lowest BCUT2D eigenvalue weighted by Gasteiger charge is -2.36. The summed E-state index contributed by atoms with van der Waals surface area (Å²) in [6.45, 7) is 5.44. The highest BCUT2D eigenvalue weighted by Crippen LogP contribution is 2.39. The second-order valence-corrected chi connectivity index (χ2v) is 6.54. The number of amides is 1. The van der Waals surface area contributed by atoms with Gasteiger partial charge in [-0.15, -0.1) is 0 Å². The van der Waals surface area contributed by atoms with Crippen LogP contribution in [0.1, 0.15) is 13.3 Å². The molecule has 1 amide bonds. The molecule has 1 saturated carbocycles. The van der Waals surface area contributed by atoms with Crippen LogP contribution < -0.4 is 4.90 Å². The van der Waals surface area contributed by atoms with Crippen LogP contribution in [0.4, 0.5) is 5.69 Å². The summed E-state index contributed by atoms with van der Waals surface area (Å²) in [6, 6.07) is 5.70. The van der Waals surface area contributed by atoms with E-state index in [0.29, 0.717) is 21.9 Å². The molecule has 1 aromatic carbocycles. The number of piperazine rings is 1. The summed E-state index contributed by atoms with van der Waals surface area (Å²) in [5, 5.41) is 1.15. The van der Waals surface area contributed by atoms with Crippen LogP contribution in [0.3, 0.4) is 0 Å². The van der Waals surface area contributed by atoms with E-state index in [0.717, 1.165) is 38.3 Å². The summed E-state index contributed by atoms with van der Waals surface area (Å²) in [5.74, 6) is 1.20. The SMILES string of the molecule is C[C@H]1C[C@@H]1C(=O)N1CCN(c2ccc(Cl)c(Cl)c2)CC1. The summed E-state index contributed by atoms with van der Waals surface area (Å²) in [7, 11) is 0. The molecule has 3 rings (SSSR count). The van der Waals surface area contributed by atoms with E-state index in [-0.39, 0.29) is 5.92 Å². The van der Waals surface area contributed by atoms with E-state index in [1.807, 2.05) is 23.1 Å². The monoisotopic (exact) mass is 312 g/mol. The van der Waals surface area contributed by atoms with Crippen LogP contribution in [0, 0.1) is 11.8 Å². The molecule has 2 fully saturated rings. The Hall–Kier alpha value is -0.930. The van der Waals surface area contributed by atoms with Gasteiger partial charge in [0.1, 0.15) is 0 Å². The van der Waals surface area contributed by atoms with Crippen molar-refractivity contribution in [1.29, 1.82) is 0 Å². The number of rotatable bonds is 2. The molecule has 20 heavy (non-hydrogen) atoms. The van der Waals surface area contributed by atoms with E-state index < -0.39 is 0 Å². The van der Waals surface area contributed by atoms with Crippen molar-refractivity contribution >= 4 is 34.8 Å². The van der Waals surface area contributed by atoms with E-state index >= 15 is 0 Å². The van der Waals surface area contributed by atoms with Crippen molar-refractivity contribution in [2.75, 3.05) is 31.1 Å². The Bertz CT molecular complexity index is 527. The summed E-state index contributed by atoms with van der Waals surface area (Å²) in [6.07, 6.45) is 1.06. The van der Waals surface area contributed by atoms with Crippen molar-refractivity contribution in [3.05, 3.63) is 28.2 Å². The number of halogens is 2. The predicted octanol–water partition coefficient (Wildman–Crippen LogP) is 3.30. The fourth-order valence-corrected chi connectivity index (χ4v) is 3.06. The van der Waals surface area contributed by atoms with Crippen LogP contribution >= 0.6 is 23.2 Å². The molecule has 0 N–H and O–H groups in total. The van der Waals surface area contributed by atoms with E-state index in [9.17, 15) is 4.79 Å². The van der Waals surface area contributed by atoms with Crippen molar-refractivity contribution in [3.63, 3.8) is 0 Å². The molecule has 0 aromatic heterocycles. The van der Waals surface area contributed by atoms with Gasteiger partial charge in [-0.1, -0.05) is 30.1 Å². The van der Waals surface area contributed by atoms with Crippen LogP contribution in [-0.2, 0) is 4.79 Å². The average molecular weight is 313 g/mol. The van der Waals surface area contributed by atoms with Gasteiger partial charge in [0, 0.05) is 37.8 Å². The van der Waals surface area contributed by atoms with Crippen molar-refractivity contribution in [3.8, 4) is 0 Å². The van der Waals surface area contributed by atoms with Crippen molar-refractivity contribution in [1.82, 2.24) is 4.90 Å². The maximum absolute atomic E-state index is 12.2. The third-order valence-electron chi connectivity index (χ3n) is 4.29. The van der Waals surface area contributed by atoms with Crippen LogP contribution in [0.25, 0.3) is 0 Å². The Morgan fingerprint density at radius 3 is 2.35 bits per heavy atom. The zero-order valence-corrected chi connectivity index (χ0v) is 13.0. The fraction of sp³-hybridized carbons (Fsp3) is 0.533. The Kier molecular flexibility index (Phi) is 3.83.